The number of pyridine rings is 2. The van der Waals surface area contributed by atoms with Crippen LogP contribution in [0.2, 0.25) is 10.3 Å². The van der Waals surface area contributed by atoms with Gasteiger partial charge in [0.25, 0.3) is 0 Å². The summed E-state index contributed by atoms with van der Waals surface area (Å²) in [6.07, 6.45) is 0. The summed E-state index contributed by atoms with van der Waals surface area (Å²) >= 11 is 15.2. The van der Waals surface area contributed by atoms with E-state index in [1.165, 1.54) is 16.5 Å². The van der Waals surface area contributed by atoms with Gasteiger partial charge in [-0.1, -0.05) is 51.3 Å². The van der Waals surface area contributed by atoms with Crippen LogP contribution < -0.4 is 0 Å². The fourth-order valence-corrected chi connectivity index (χ4v) is 3.84. The van der Waals surface area contributed by atoms with Gasteiger partial charge in [0.15, 0.2) is 0 Å². The molecular formula is C22H19BrCl2N2O. The predicted molar refractivity (Wildman–Crippen MR) is 122 cm³/mol. The van der Waals surface area contributed by atoms with Gasteiger partial charge in [-0.2, -0.15) is 0 Å². The summed E-state index contributed by atoms with van der Waals surface area (Å²) in [5.41, 5.74) is 6.22. The number of hydrogen-bond acceptors (Lipinski definition) is 3. The minimum absolute atomic E-state index is 0.0536. The first-order valence-corrected chi connectivity index (χ1v) is 10.6. The highest BCUT2D eigenvalue weighted by molar-refractivity contribution is 9.08. The Morgan fingerprint density at radius 1 is 0.786 bits per heavy atom. The minimum Gasteiger partial charge on any atom is -0.392 e. The molecule has 0 unspecified atom stereocenters. The van der Waals surface area contributed by atoms with Crippen molar-refractivity contribution >= 4 is 60.9 Å². The quantitative estimate of drug-likeness (QED) is 0.255. The van der Waals surface area contributed by atoms with E-state index in [9.17, 15) is 0 Å². The molecule has 2 aromatic carbocycles. The van der Waals surface area contributed by atoms with Gasteiger partial charge in [0.05, 0.1) is 17.6 Å². The van der Waals surface area contributed by atoms with E-state index in [4.69, 9.17) is 28.3 Å². The van der Waals surface area contributed by atoms with Gasteiger partial charge in [-0.15, -0.1) is 0 Å². The summed E-state index contributed by atoms with van der Waals surface area (Å²) in [4.78, 5) is 8.46. The average molecular weight is 478 g/mol. The highest BCUT2D eigenvalue weighted by atomic mass is 79.9. The first kappa shape index (κ1) is 21.0. The molecule has 0 fully saturated rings. The van der Waals surface area contributed by atoms with Crippen LogP contribution in [0, 0.1) is 13.8 Å². The molecule has 0 aliphatic carbocycles. The van der Waals surface area contributed by atoms with Gasteiger partial charge >= 0.3 is 0 Å². The molecule has 0 radical (unpaired) electrons. The third kappa shape index (κ3) is 4.81. The van der Waals surface area contributed by atoms with Crippen molar-refractivity contribution in [2.45, 2.75) is 25.8 Å². The summed E-state index contributed by atoms with van der Waals surface area (Å²) in [6.45, 7) is 4.09. The number of aliphatic hydroxyl groups is 1. The molecule has 2 aromatic heterocycles. The molecule has 0 atom stereocenters. The summed E-state index contributed by atoms with van der Waals surface area (Å²) in [5.74, 6) is 0. The molecule has 1 N–H and O–H groups in total. The van der Waals surface area contributed by atoms with Gasteiger partial charge in [0.2, 0.25) is 0 Å². The standard InChI is InChI=1S/C11H9BrClN.C11H10ClNO/c1-7-4-11(13)14-10-3-2-8(6-12)5-9(7)10;1-7-4-11(12)13-10-3-2-8(6-14)5-9(7)10/h2-5H,6H2,1H3;2-5,14H,6H2,1H3. The van der Waals surface area contributed by atoms with Crippen LogP contribution in [0.25, 0.3) is 21.8 Å². The van der Waals surface area contributed by atoms with E-state index in [0.717, 1.165) is 32.9 Å². The smallest absolute Gasteiger partial charge is 0.130 e. The number of alkyl halides is 1. The molecule has 0 spiro atoms. The fourth-order valence-electron chi connectivity index (χ4n) is 2.98. The van der Waals surface area contributed by atoms with E-state index in [-0.39, 0.29) is 6.61 Å². The third-order valence-electron chi connectivity index (χ3n) is 4.43. The average Bonchev–Trinajstić information content (AvgIpc) is 2.68. The Morgan fingerprint density at radius 2 is 1.25 bits per heavy atom. The molecule has 4 aromatic rings. The van der Waals surface area contributed by atoms with Crippen LogP contribution in [0.1, 0.15) is 22.3 Å². The van der Waals surface area contributed by atoms with E-state index in [1.54, 1.807) is 0 Å². The molecule has 2 heterocycles. The van der Waals surface area contributed by atoms with E-state index < -0.39 is 0 Å². The Balaban J connectivity index is 0.000000161. The normalized spacial score (nSPS) is 10.8. The van der Waals surface area contributed by atoms with Crippen LogP contribution in [0.5, 0.6) is 0 Å². The molecule has 0 aliphatic rings. The summed E-state index contributed by atoms with van der Waals surface area (Å²) in [5, 5.41) is 13.1. The summed E-state index contributed by atoms with van der Waals surface area (Å²) < 4.78 is 0. The van der Waals surface area contributed by atoms with Crippen LogP contribution in [-0.2, 0) is 11.9 Å². The van der Waals surface area contributed by atoms with Crippen LogP contribution in [0.4, 0.5) is 0 Å². The molecule has 0 aliphatic heterocycles. The predicted octanol–water partition coefficient (Wildman–Crippen LogP) is 6.78. The van der Waals surface area contributed by atoms with Crippen molar-refractivity contribution in [2.75, 3.05) is 0 Å². The zero-order valence-corrected chi connectivity index (χ0v) is 18.6. The van der Waals surface area contributed by atoms with E-state index >= 15 is 0 Å². The Hall–Kier alpha value is -1.72. The van der Waals surface area contributed by atoms with E-state index in [2.05, 4.69) is 38.0 Å². The molecule has 3 nitrogen and oxygen atoms in total. The van der Waals surface area contributed by atoms with Gasteiger partial charge in [-0.25, -0.2) is 9.97 Å². The molecule has 144 valence electrons. The number of aryl methyl sites for hydroxylation is 2. The zero-order chi connectivity index (χ0) is 20.3. The molecule has 6 heteroatoms. The second-order valence-corrected chi connectivity index (χ2v) is 7.85. The Morgan fingerprint density at radius 3 is 1.71 bits per heavy atom. The molecule has 0 amide bonds. The minimum atomic E-state index is 0.0536. The lowest BCUT2D eigenvalue weighted by Crippen LogP contribution is -1.88. The van der Waals surface area contributed by atoms with Crippen molar-refractivity contribution in [1.82, 2.24) is 9.97 Å². The molecule has 0 bridgehead atoms. The van der Waals surface area contributed by atoms with Crippen molar-refractivity contribution in [3.05, 3.63) is 81.1 Å². The third-order valence-corrected chi connectivity index (χ3v) is 5.47. The summed E-state index contributed by atoms with van der Waals surface area (Å²) in [6, 6.07) is 15.6. The highest BCUT2D eigenvalue weighted by Crippen LogP contribution is 2.23. The number of aromatic nitrogens is 2. The number of rotatable bonds is 2. The number of hydrogen-bond donors (Lipinski definition) is 1. The number of nitrogens with zero attached hydrogens (tertiary/aromatic N) is 2. The topological polar surface area (TPSA) is 46.0 Å². The lowest BCUT2D eigenvalue weighted by molar-refractivity contribution is 0.282. The first-order valence-electron chi connectivity index (χ1n) is 8.69. The van der Waals surface area contributed by atoms with E-state index in [0.29, 0.717) is 10.3 Å². The maximum atomic E-state index is 9.00. The number of fused-ring (bicyclic) bond motifs is 2. The monoisotopic (exact) mass is 476 g/mol. The van der Waals surface area contributed by atoms with Crippen LogP contribution in [-0.4, -0.2) is 15.1 Å². The van der Waals surface area contributed by atoms with Crippen molar-refractivity contribution in [3.8, 4) is 0 Å². The number of halogens is 3. The second-order valence-electron chi connectivity index (χ2n) is 6.52. The Kier molecular flexibility index (Phi) is 6.89. The van der Waals surface area contributed by atoms with Crippen molar-refractivity contribution < 1.29 is 5.11 Å². The fraction of sp³-hybridized carbons (Fsp3) is 0.182. The number of aliphatic hydroxyl groups excluding tert-OH is 1. The van der Waals surface area contributed by atoms with Crippen molar-refractivity contribution in [1.29, 1.82) is 0 Å². The van der Waals surface area contributed by atoms with Crippen LogP contribution in [0.3, 0.4) is 0 Å². The maximum absolute atomic E-state index is 9.00. The second kappa shape index (κ2) is 9.19. The largest absolute Gasteiger partial charge is 0.392 e. The molecular weight excluding hydrogens is 459 g/mol. The van der Waals surface area contributed by atoms with Crippen LogP contribution in [0.15, 0.2) is 48.5 Å². The lowest BCUT2D eigenvalue weighted by atomic mass is 10.1. The van der Waals surface area contributed by atoms with Gasteiger partial charge in [0.1, 0.15) is 10.3 Å². The van der Waals surface area contributed by atoms with Crippen molar-refractivity contribution in [2.24, 2.45) is 0 Å². The Labute approximate surface area is 182 Å². The lowest BCUT2D eigenvalue weighted by Gasteiger charge is -2.04. The molecule has 0 saturated carbocycles. The molecule has 4 rings (SSSR count). The first-order chi connectivity index (χ1) is 13.4. The summed E-state index contributed by atoms with van der Waals surface area (Å²) in [7, 11) is 0. The Bertz CT molecular complexity index is 1060. The SMILES string of the molecule is Cc1cc(Cl)nc2ccc(CBr)cc12.Cc1cc(Cl)nc2ccc(CO)cc12. The van der Waals surface area contributed by atoms with Gasteiger partial charge in [-0.3, -0.25) is 0 Å². The van der Waals surface area contributed by atoms with E-state index in [1.807, 2.05) is 50.2 Å². The number of benzene rings is 2. The highest BCUT2D eigenvalue weighted by Gasteiger charge is 2.03. The van der Waals surface area contributed by atoms with Crippen LogP contribution >= 0.6 is 39.1 Å². The maximum Gasteiger partial charge on any atom is 0.130 e. The molecule has 0 saturated heterocycles. The van der Waals surface area contributed by atoms with Crippen molar-refractivity contribution in [3.63, 3.8) is 0 Å². The van der Waals surface area contributed by atoms with Gasteiger partial charge in [0, 0.05) is 16.1 Å². The molecule has 28 heavy (non-hydrogen) atoms. The van der Waals surface area contributed by atoms with Gasteiger partial charge in [-0.05, 0) is 72.5 Å². The zero-order valence-electron chi connectivity index (χ0n) is 15.5. The van der Waals surface area contributed by atoms with Gasteiger partial charge < -0.3 is 5.11 Å².